The fraction of sp³-hybridized carbons (Fsp3) is 0.192. The van der Waals surface area contributed by atoms with Crippen LogP contribution in [0.15, 0.2) is 84.3 Å². The van der Waals surface area contributed by atoms with E-state index in [9.17, 15) is 9.59 Å². The van der Waals surface area contributed by atoms with Gasteiger partial charge in [-0.3, -0.25) is 13.9 Å². The smallest absolute Gasteiger partial charge is 0.334 e. The number of nitrogen functional groups attached to an aromatic ring is 1. The Morgan fingerprint density at radius 3 is 2.56 bits per heavy atom. The Hall–Kier alpha value is -4.33. The number of nitrogens with two attached hydrogens (primary N) is 1. The van der Waals surface area contributed by atoms with Crippen LogP contribution in [0.3, 0.4) is 0 Å². The molecule has 5 rings (SSSR count). The predicted octanol–water partition coefficient (Wildman–Crippen LogP) is 3.91. The van der Waals surface area contributed by atoms with Crippen LogP contribution in [-0.4, -0.2) is 38.0 Å². The number of hydrogen-bond donors (Lipinski definition) is 1. The standard InChI is InChI=1S/C26H25N5O3/c1-2-23(32)29-16-6-7-19(17-29)30-22-14-15-28-25(27)24(22)31(26(30)33)18-10-12-21(13-11-18)34-20-8-4-3-5-9-20/h2-5,8-15,19H,1,6-7,16-17H2,(H2,27,28). The Kier molecular flexibility index (Phi) is 5.63. The molecular formula is C26H25N5O3. The van der Waals surface area contributed by atoms with Crippen LogP contribution in [0.4, 0.5) is 5.82 Å². The third-order valence-electron chi connectivity index (χ3n) is 6.13. The highest BCUT2D eigenvalue weighted by molar-refractivity contribution is 5.88. The fourth-order valence-electron chi connectivity index (χ4n) is 4.56. The number of nitrogens with zero attached hydrogens (tertiary/aromatic N) is 4. The number of para-hydroxylation sites is 1. The van der Waals surface area contributed by atoms with Gasteiger partial charge in [-0.25, -0.2) is 9.78 Å². The third-order valence-corrected chi connectivity index (χ3v) is 6.13. The van der Waals surface area contributed by atoms with Gasteiger partial charge in [0.1, 0.15) is 22.8 Å². The molecule has 2 N–H and O–H groups in total. The second kappa shape index (κ2) is 8.90. The molecule has 0 bridgehead atoms. The zero-order valence-corrected chi connectivity index (χ0v) is 18.6. The molecule has 8 nitrogen and oxygen atoms in total. The molecule has 8 heteroatoms. The van der Waals surface area contributed by atoms with Gasteiger partial charge in [0, 0.05) is 19.3 Å². The normalized spacial score (nSPS) is 15.9. The lowest BCUT2D eigenvalue weighted by atomic mass is 10.1. The lowest BCUT2D eigenvalue weighted by Crippen LogP contribution is -2.42. The minimum absolute atomic E-state index is 0.128. The van der Waals surface area contributed by atoms with E-state index in [0.717, 1.165) is 18.6 Å². The van der Waals surface area contributed by atoms with Crippen molar-refractivity contribution in [3.8, 4) is 17.2 Å². The van der Waals surface area contributed by atoms with Crippen LogP contribution >= 0.6 is 0 Å². The summed E-state index contributed by atoms with van der Waals surface area (Å²) in [5.41, 5.74) is 7.93. The van der Waals surface area contributed by atoms with Crippen LogP contribution in [0.1, 0.15) is 18.9 Å². The van der Waals surface area contributed by atoms with Crippen molar-refractivity contribution in [2.75, 3.05) is 18.8 Å². The van der Waals surface area contributed by atoms with Crippen molar-refractivity contribution < 1.29 is 9.53 Å². The van der Waals surface area contributed by atoms with Crippen LogP contribution in [0.25, 0.3) is 16.7 Å². The zero-order chi connectivity index (χ0) is 23.7. The molecule has 1 atom stereocenters. The largest absolute Gasteiger partial charge is 0.457 e. The summed E-state index contributed by atoms with van der Waals surface area (Å²) in [4.78, 5) is 31.9. The van der Waals surface area contributed by atoms with Crippen molar-refractivity contribution in [3.05, 3.63) is 90.0 Å². The van der Waals surface area contributed by atoms with Gasteiger partial charge in [-0.15, -0.1) is 0 Å². The maximum Gasteiger partial charge on any atom is 0.334 e. The van der Waals surface area contributed by atoms with Crippen molar-refractivity contribution >= 4 is 22.8 Å². The first-order valence-electron chi connectivity index (χ1n) is 11.2. The average molecular weight is 456 g/mol. The first-order chi connectivity index (χ1) is 16.6. The lowest BCUT2D eigenvalue weighted by Gasteiger charge is -2.32. The number of hydrogen-bond acceptors (Lipinski definition) is 5. The van der Waals surface area contributed by atoms with Gasteiger partial charge in [-0.1, -0.05) is 24.8 Å². The molecule has 1 unspecified atom stereocenters. The van der Waals surface area contributed by atoms with E-state index < -0.39 is 0 Å². The van der Waals surface area contributed by atoms with E-state index in [0.29, 0.717) is 35.6 Å². The molecule has 2 aromatic carbocycles. The number of amides is 1. The number of imidazole rings is 1. The molecule has 1 aliphatic heterocycles. The molecule has 1 saturated heterocycles. The van der Waals surface area contributed by atoms with E-state index in [1.807, 2.05) is 54.6 Å². The van der Waals surface area contributed by atoms with Gasteiger partial charge in [0.25, 0.3) is 0 Å². The first-order valence-corrected chi connectivity index (χ1v) is 11.2. The van der Waals surface area contributed by atoms with Gasteiger partial charge in [0.2, 0.25) is 5.91 Å². The van der Waals surface area contributed by atoms with Crippen LogP contribution in [-0.2, 0) is 4.79 Å². The molecule has 2 aromatic heterocycles. The summed E-state index contributed by atoms with van der Waals surface area (Å²) in [5.74, 6) is 1.53. The van der Waals surface area contributed by atoms with Gasteiger partial charge in [-0.05, 0) is 61.4 Å². The zero-order valence-electron chi connectivity index (χ0n) is 18.6. The van der Waals surface area contributed by atoms with Gasteiger partial charge in [0.05, 0.1) is 17.2 Å². The highest BCUT2D eigenvalue weighted by Gasteiger charge is 2.28. The summed E-state index contributed by atoms with van der Waals surface area (Å²) in [6, 6.07) is 18.4. The molecular weight excluding hydrogens is 430 g/mol. The molecule has 1 fully saturated rings. The van der Waals surface area contributed by atoms with Gasteiger partial charge >= 0.3 is 5.69 Å². The molecule has 3 heterocycles. The fourth-order valence-corrected chi connectivity index (χ4v) is 4.56. The molecule has 0 saturated carbocycles. The second-order valence-electron chi connectivity index (χ2n) is 8.25. The number of benzene rings is 2. The van der Waals surface area contributed by atoms with Crippen LogP contribution in [0.2, 0.25) is 0 Å². The lowest BCUT2D eigenvalue weighted by molar-refractivity contribution is -0.127. The van der Waals surface area contributed by atoms with E-state index in [2.05, 4.69) is 11.6 Å². The van der Waals surface area contributed by atoms with Gasteiger partial charge in [-0.2, -0.15) is 0 Å². The molecule has 0 aliphatic carbocycles. The van der Waals surface area contributed by atoms with E-state index in [1.165, 1.54) is 6.08 Å². The topological polar surface area (TPSA) is 95.4 Å². The number of piperidine rings is 1. The number of carbonyl (C=O) groups is 1. The number of pyridine rings is 1. The Balaban J connectivity index is 1.56. The number of ether oxygens (including phenoxy) is 1. The number of fused-ring (bicyclic) bond motifs is 1. The van der Waals surface area contributed by atoms with Crippen molar-refractivity contribution in [1.82, 2.24) is 19.0 Å². The minimum atomic E-state index is -0.218. The molecule has 1 amide bonds. The SMILES string of the molecule is C=CC(=O)N1CCCC(n2c(=O)n(-c3ccc(Oc4ccccc4)cc3)c3c(N)nccc32)C1. The summed E-state index contributed by atoms with van der Waals surface area (Å²) in [5, 5.41) is 0. The van der Waals surface area contributed by atoms with Crippen molar-refractivity contribution in [3.63, 3.8) is 0 Å². The van der Waals surface area contributed by atoms with E-state index in [1.54, 1.807) is 26.3 Å². The second-order valence-corrected chi connectivity index (χ2v) is 8.25. The van der Waals surface area contributed by atoms with E-state index in [4.69, 9.17) is 10.5 Å². The Morgan fingerprint density at radius 2 is 1.82 bits per heavy atom. The molecule has 0 radical (unpaired) electrons. The van der Waals surface area contributed by atoms with Crippen molar-refractivity contribution in [2.24, 2.45) is 0 Å². The Morgan fingerprint density at radius 1 is 1.09 bits per heavy atom. The Bertz CT molecular complexity index is 1410. The summed E-state index contributed by atoms with van der Waals surface area (Å²) in [6.45, 7) is 4.69. The molecule has 1 aliphatic rings. The maximum absolute atomic E-state index is 13.8. The summed E-state index contributed by atoms with van der Waals surface area (Å²) in [7, 11) is 0. The predicted molar refractivity (Wildman–Crippen MR) is 131 cm³/mol. The van der Waals surface area contributed by atoms with Crippen molar-refractivity contribution in [1.29, 1.82) is 0 Å². The summed E-state index contributed by atoms with van der Waals surface area (Å²) in [6.07, 6.45) is 4.50. The van der Waals surface area contributed by atoms with Gasteiger partial charge in [0.15, 0.2) is 0 Å². The number of rotatable bonds is 5. The number of carbonyl (C=O) groups excluding carboxylic acids is 1. The molecule has 172 valence electrons. The molecule has 0 spiro atoms. The summed E-state index contributed by atoms with van der Waals surface area (Å²) < 4.78 is 9.20. The monoisotopic (exact) mass is 455 g/mol. The number of likely N-dealkylation sites (tertiary alicyclic amines) is 1. The van der Waals surface area contributed by atoms with Crippen LogP contribution in [0.5, 0.6) is 11.5 Å². The van der Waals surface area contributed by atoms with Crippen LogP contribution in [0, 0.1) is 0 Å². The van der Waals surface area contributed by atoms with E-state index in [-0.39, 0.29) is 23.5 Å². The van der Waals surface area contributed by atoms with Gasteiger partial charge < -0.3 is 15.4 Å². The average Bonchev–Trinajstić information content (AvgIpc) is 3.17. The van der Waals surface area contributed by atoms with E-state index >= 15 is 0 Å². The number of anilines is 1. The highest BCUT2D eigenvalue weighted by Crippen LogP contribution is 2.29. The van der Waals surface area contributed by atoms with Crippen molar-refractivity contribution in [2.45, 2.75) is 18.9 Å². The minimum Gasteiger partial charge on any atom is -0.457 e. The highest BCUT2D eigenvalue weighted by atomic mass is 16.5. The Labute approximate surface area is 196 Å². The number of aromatic nitrogens is 3. The molecule has 4 aromatic rings. The van der Waals surface area contributed by atoms with Crippen LogP contribution < -0.4 is 16.2 Å². The molecule has 34 heavy (non-hydrogen) atoms. The third kappa shape index (κ3) is 3.83. The maximum atomic E-state index is 13.8. The quantitative estimate of drug-likeness (QED) is 0.461. The summed E-state index contributed by atoms with van der Waals surface area (Å²) >= 11 is 0. The first kappa shape index (κ1) is 21.5.